The molecule has 2 heteroatoms. The van der Waals surface area contributed by atoms with Crippen LogP contribution in [-0.2, 0) is 4.79 Å². The maximum absolute atomic E-state index is 12.0. The molecule has 0 radical (unpaired) electrons. The molecule has 0 amide bonds. The monoisotopic (exact) mass is 266 g/mol. The molecule has 0 bridgehead atoms. The highest BCUT2D eigenvalue weighted by Crippen LogP contribution is 2.50. The van der Waals surface area contributed by atoms with Crippen LogP contribution < -0.4 is 0 Å². The zero-order chi connectivity index (χ0) is 13.9. The van der Waals surface area contributed by atoms with Gasteiger partial charge < -0.3 is 5.11 Å². The van der Waals surface area contributed by atoms with Gasteiger partial charge in [-0.25, -0.2) is 0 Å². The van der Waals surface area contributed by atoms with E-state index in [-0.39, 0.29) is 5.41 Å². The molecule has 2 nitrogen and oxygen atoms in total. The Hall–Kier alpha value is -0.530. The Kier molecular flexibility index (Phi) is 4.92. The van der Waals surface area contributed by atoms with Crippen LogP contribution in [0.2, 0.25) is 0 Å². The van der Waals surface area contributed by atoms with Gasteiger partial charge in [-0.1, -0.05) is 39.5 Å². The Morgan fingerprint density at radius 1 is 1.00 bits per heavy atom. The van der Waals surface area contributed by atoms with Gasteiger partial charge in [0.1, 0.15) is 0 Å². The summed E-state index contributed by atoms with van der Waals surface area (Å²) in [6.45, 7) is 4.56. The molecule has 2 aliphatic carbocycles. The van der Waals surface area contributed by atoms with E-state index >= 15 is 0 Å². The first-order valence-corrected chi connectivity index (χ1v) is 8.29. The number of carboxylic acid groups (broad SMARTS) is 1. The van der Waals surface area contributed by atoms with Gasteiger partial charge in [0.2, 0.25) is 0 Å². The summed E-state index contributed by atoms with van der Waals surface area (Å²) in [5.41, 5.74) is -0.379. The second-order valence-corrected chi connectivity index (χ2v) is 7.23. The molecule has 2 fully saturated rings. The molecule has 2 rings (SSSR count). The molecule has 0 unspecified atom stereocenters. The summed E-state index contributed by atoms with van der Waals surface area (Å²) in [4.78, 5) is 12.0. The Balaban J connectivity index is 2.08. The van der Waals surface area contributed by atoms with Crippen LogP contribution in [0, 0.1) is 23.2 Å². The molecule has 0 heterocycles. The van der Waals surface area contributed by atoms with Gasteiger partial charge in [0.25, 0.3) is 0 Å². The van der Waals surface area contributed by atoms with Crippen LogP contribution in [0.5, 0.6) is 0 Å². The highest BCUT2D eigenvalue weighted by Gasteiger charge is 2.47. The summed E-state index contributed by atoms with van der Waals surface area (Å²) in [5, 5.41) is 9.86. The van der Waals surface area contributed by atoms with Crippen LogP contribution in [0.1, 0.15) is 78.1 Å². The van der Waals surface area contributed by atoms with E-state index in [2.05, 4.69) is 13.8 Å². The fraction of sp³-hybridized carbons (Fsp3) is 0.941. The van der Waals surface area contributed by atoms with E-state index in [0.717, 1.165) is 44.4 Å². The average molecular weight is 266 g/mol. The summed E-state index contributed by atoms with van der Waals surface area (Å²) in [6.07, 6.45) is 11.5. The lowest BCUT2D eigenvalue weighted by atomic mass is 9.60. The Morgan fingerprint density at radius 3 is 1.95 bits per heavy atom. The molecule has 0 aromatic heterocycles. The molecule has 1 N–H and O–H groups in total. The summed E-state index contributed by atoms with van der Waals surface area (Å²) >= 11 is 0. The predicted octanol–water partition coefficient (Wildman–Crippen LogP) is 4.87. The highest BCUT2D eigenvalue weighted by atomic mass is 16.4. The van der Waals surface area contributed by atoms with Crippen LogP contribution in [0.4, 0.5) is 0 Å². The fourth-order valence-electron chi connectivity index (χ4n) is 4.45. The molecule has 0 aromatic rings. The molecular formula is C17H30O2. The molecule has 2 saturated carbocycles. The van der Waals surface area contributed by atoms with E-state index in [1.807, 2.05) is 0 Å². The van der Waals surface area contributed by atoms with Crippen LogP contribution in [0.3, 0.4) is 0 Å². The van der Waals surface area contributed by atoms with Crippen LogP contribution in [0.15, 0.2) is 0 Å². The van der Waals surface area contributed by atoms with E-state index in [1.54, 1.807) is 0 Å². The third kappa shape index (κ3) is 3.14. The lowest BCUT2D eigenvalue weighted by molar-refractivity contribution is -0.157. The molecule has 0 atom stereocenters. The minimum absolute atomic E-state index is 0.379. The molecule has 0 saturated heterocycles. The van der Waals surface area contributed by atoms with Crippen molar-refractivity contribution in [3.05, 3.63) is 0 Å². The first-order chi connectivity index (χ1) is 9.06. The van der Waals surface area contributed by atoms with Crippen molar-refractivity contribution < 1.29 is 9.90 Å². The standard InChI is InChI=1S/C17H30O2/c1-13(2)14-9-11-17(12-10-14,16(18)19)15-7-5-3-4-6-8-15/h13-15H,3-12H2,1-2H3,(H,18,19). The second-order valence-electron chi connectivity index (χ2n) is 7.23. The Morgan fingerprint density at radius 2 is 1.53 bits per heavy atom. The van der Waals surface area contributed by atoms with Crippen molar-refractivity contribution in [2.24, 2.45) is 23.2 Å². The van der Waals surface area contributed by atoms with Gasteiger partial charge in [-0.2, -0.15) is 0 Å². The minimum atomic E-state index is -0.499. The zero-order valence-electron chi connectivity index (χ0n) is 12.7. The van der Waals surface area contributed by atoms with Crippen LogP contribution >= 0.6 is 0 Å². The quantitative estimate of drug-likeness (QED) is 0.740. The topological polar surface area (TPSA) is 37.3 Å². The molecule has 2 aliphatic rings. The van der Waals surface area contributed by atoms with Crippen molar-refractivity contribution in [2.75, 3.05) is 0 Å². The first kappa shape index (κ1) is 14.9. The molecule has 0 aromatic carbocycles. The third-order valence-electron chi connectivity index (χ3n) is 5.93. The normalized spacial score (nSPS) is 34.2. The van der Waals surface area contributed by atoms with E-state index in [0.29, 0.717) is 11.8 Å². The van der Waals surface area contributed by atoms with Crippen LogP contribution in [-0.4, -0.2) is 11.1 Å². The van der Waals surface area contributed by atoms with Crippen molar-refractivity contribution >= 4 is 5.97 Å². The van der Waals surface area contributed by atoms with Crippen molar-refractivity contribution in [2.45, 2.75) is 78.1 Å². The first-order valence-electron chi connectivity index (χ1n) is 8.29. The van der Waals surface area contributed by atoms with Gasteiger partial charge >= 0.3 is 5.97 Å². The maximum atomic E-state index is 12.0. The second kappa shape index (κ2) is 6.28. The maximum Gasteiger partial charge on any atom is 0.309 e. The van der Waals surface area contributed by atoms with Gasteiger partial charge in [0, 0.05) is 0 Å². The molecule has 110 valence electrons. The third-order valence-corrected chi connectivity index (χ3v) is 5.93. The highest BCUT2D eigenvalue weighted by molar-refractivity contribution is 5.75. The fourth-order valence-corrected chi connectivity index (χ4v) is 4.45. The van der Waals surface area contributed by atoms with Crippen molar-refractivity contribution in [3.63, 3.8) is 0 Å². The largest absolute Gasteiger partial charge is 0.481 e. The zero-order valence-corrected chi connectivity index (χ0v) is 12.7. The Labute approximate surface area is 118 Å². The van der Waals surface area contributed by atoms with Gasteiger partial charge in [0.15, 0.2) is 0 Å². The predicted molar refractivity (Wildman–Crippen MR) is 78.1 cm³/mol. The van der Waals surface area contributed by atoms with Crippen molar-refractivity contribution in [3.8, 4) is 0 Å². The van der Waals surface area contributed by atoms with E-state index in [9.17, 15) is 9.90 Å². The Bertz CT molecular complexity index is 292. The number of rotatable bonds is 3. The summed E-state index contributed by atoms with van der Waals surface area (Å²) in [6, 6.07) is 0. The number of carboxylic acids is 1. The minimum Gasteiger partial charge on any atom is -0.481 e. The number of hydrogen-bond donors (Lipinski definition) is 1. The van der Waals surface area contributed by atoms with Gasteiger partial charge in [-0.15, -0.1) is 0 Å². The summed E-state index contributed by atoms with van der Waals surface area (Å²) in [7, 11) is 0. The number of aliphatic carboxylic acids is 1. The lowest BCUT2D eigenvalue weighted by Crippen LogP contribution is -2.42. The van der Waals surface area contributed by atoms with Gasteiger partial charge in [0.05, 0.1) is 5.41 Å². The molecule has 0 aliphatic heterocycles. The summed E-state index contributed by atoms with van der Waals surface area (Å²) in [5.74, 6) is 1.40. The smallest absolute Gasteiger partial charge is 0.309 e. The van der Waals surface area contributed by atoms with E-state index in [4.69, 9.17) is 0 Å². The van der Waals surface area contributed by atoms with Gasteiger partial charge in [-0.3, -0.25) is 4.79 Å². The summed E-state index contributed by atoms with van der Waals surface area (Å²) < 4.78 is 0. The van der Waals surface area contributed by atoms with Crippen molar-refractivity contribution in [1.29, 1.82) is 0 Å². The number of carbonyl (C=O) groups is 1. The molecule has 19 heavy (non-hydrogen) atoms. The molecule has 0 spiro atoms. The van der Waals surface area contributed by atoms with Crippen LogP contribution in [0.25, 0.3) is 0 Å². The van der Waals surface area contributed by atoms with Gasteiger partial charge in [-0.05, 0) is 56.3 Å². The van der Waals surface area contributed by atoms with E-state index in [1.165, 1.54) is 25.7 Å². The SMILES string of the molecule is CC(C)C1CCC(C(=O)O)(C2CCCCCC2)CC1. The lowest BCUT2D eigenvalue weighted by Gasteiger charge is -2.43. The molecular weight excluding hydrogens is 236 g/mol. The van der Waals surface area contributed by atoms with Crippen molar-refractivity contribution in [1.82, 2.24) is 0 Å². The average Bonchev–Trinajstić information content (AvgIpc) is 2.67. The van der Waals surface area contributed by atoms with E-state index < -0.39 is 5.97 Å². The number of hydrogen-bond acceptors (Lipinski definition) is 1.